The average molecular weight is 78.2 g/mol. The maximum atomic E-state index is 3.74. The molecule has 0 fully saturated rings. The van der Waals surface area contributed by atoms with Crippen LogP contribution in [0, 0.1) is 6.15 Å². The summed E-state index contributed by atoms with van der Waals surface area (Å²) in [6.45, 7) is 1.92. The summed E-state index contributed by atoms with van der Waals surface area (Å²) in [7, 11) is 0. The average Bonchev–Trinajstić information content (AvgIpc) is 1.37. The zero-order valence-corrected chi connectivity index (χ0v) is 4.20. The van der Waals surface area contributed by atoms with Crippen LogP contribution in [-0.4, -0.2) is 0 Å². The van der Waals surface area contributed by atoms with Crippen molar-refractivity contribution in [3.8, 4) is 0 Å². The summed E-state index contributed by atoms with van der Waals surface area (Å²) in [6.07, 6.45) is 1.86. The van der Waals surface area contributed by atoms with Gasteiger partial charge in [-0.15, -0.1) is 0 Å². The fourth-order valence-electron chi connectivity index (χ4n) is 0. The molecule has 0 spiro atoms. The van der Waals surface area contributed by atoms with E-state index in [1.54, 1.807) is 5.41 Å². The second kappa shape index (κ2) is 9.00. The van der Waals surface area contributed by atoms with E-state index < -0.39 is 0 Å². The Hall–Kier alpha value is -0.000909. The van der Waals surface area contributed by atoms with Crippen LogP contribution in [0.5, 0.6) is 0 Å². The summed E-state index contributed by atoms with van der Waals surface area (Å²) in [5.41, 5.74) is 0. The molecule has 0 saturated carbocycles. The Kier molecular flexibility index (Phi) is 16.0. The van der Waals surface area contributed by atoms with Crippen LogP contribution in [0.1, 0.15) is 6.92 Å². The first-order chi connectivity index (χ1) is 1.91. The molecule has 2 heteroatoms. The maximum absolute atomic E-state index is 3.74. The van der Waals surface area contributed by atoms with Crippen molar-refractivity contribution in [3.05, 3.63) is 11.5 Å². The molecule has 0 N–H and O–H groups in total. The van der Waals surface area contributed by atoms with Gasteiger partial charge in [-0.2, -0.15) is 12.6 Å². The Morgan fingerprint density at radius 3 is 1.80 bits per heavy atom. The first kappa shape index (κ1) is 8.89. The van der Waals surface area contributed by atoms with Crippen molar-refractivity contribution >= 4 is 12.6 Å². The molecular formula is C3H6HeS. The van der Waals surface area contributed by atoms with Crippen molar-refractivity contribution in [2.24, 2.45) is 0 Å². The summed E-state index contributed by atoms with van der Waals surface area (Å²) in [5.74, 6) is 0. The van der Waals surface area contributed by atoms with Gasteiger partial charge in [-0.25, -0.2) is 0 Å². The fraction of sp³-hybridized carbons (Fsp3) is 0.333. The van der Waals surface area contributed by atoms with Crippen LogP contribution in [0.4, 0.5) is 0 Å². The van der Waals surface area contributed by atoms with Crippen molar-refractivity contribution < 1.29 is 6.15 Å². The van der Waals surface area contributed by atoms with Crippen LogP contribution < -0.4 is 0 Å². The first-order valence-corrected chi connectivity index (χ1v) is 1.69. The molecule has 0 radical (unpaired) electrons. The second-order valence-corrected chi connectivity index (χ2v) is 0.781. The summed E-state index contributed by atoms with van der Waals surface area (Å²) in [4.78, 5) is 0. The maximum Gasteiger partial charge on any atom is 0 e. The van der Waals surface area contributed by atoms with E-state index in [-0.39, 0.29) is 6.15 Å². The van der Waals surface area contributed by atoms with Crippen LogP contribution in [0.25, 0.3) is 0 Å². The van der Waals surface area contributed by atoms with E-state index in [1.807, 2.05) is 13.0 Å². The number of allylic oxidation sites excluding steroid dienone is 1. The van der Waals surface area contributed by atoms with E-state index in [9.17, 15) is 0 Å². The summed E-state index contributed by atoms with van der Waals surface area (Å²) in [6, 6.07) is 0. The molecule has 5 heavy (non-hydrogen) atoms. The Bertz CT molecular complexity index is 22.1. The van der Waals surface area contributed by atoms with Gasteiger partial charge in [0.05, 0.1) is 0 Å². The standard InChI is InChI=1S/C3H6S.He/c1-2-3-4;/h2-4H,1H3;. The van der Waals surface area contributed by atoms with Crippen LogP contribution in [-0.2, 0) is 0 Å². The van der Waals surface area contributed by atoms with Crippen molar-refractivity contribution in [2.45, 2.75) is 6.92 Å². The van der Waals surface area contributed by atoms with Crippen molar-refractivity contribution in [1.82, 2.24) is 0 Å². The molecule has 0 aromatic rings. The third-order valence-electron chi connectivity index (χ3n) is 0.149. The zero-order valence-electron chi connectivity index (χ0n) is 3.31. The molecule has 0 aliphatic carbocycles. The Morgan fingerprint density at radius 1 is 1.60 bits per heavy atom. The molecule has 0 atom stereocenters. The van der Waals surface area contributed by atoms with Crippen molar-refractivity contribution in [2.75, 3.05) is 0 Å². The minimum atomic E-state index is 0. The monoisotopic (exact) mass is 78.0 g/mol. The number of hydrogen-bond acceptors (Lipinski definition) is 1. The molecular weight excluding hydrogens is 72.1 g/mol. The Balaban J connectivity index is 0. The summed E-state index contributed by atoms with van der Waals surface area (Å²) in [5, 5.41) is 1.69. The predicted octanol–water partition coefficient (Wildman–Crippen LogP) is 1.45. The van der Waals surface area contributed by atoms with Gasteiger partial charge in [0.1, 0.15) is 0 Å². The Labute approximate surface area is 38.1 Å². The quantitative estimate of drug-likeness (QED) is 0.416. The molecule has 0 aromatic carbocycles. The zero-order chi connectivity index (χ0) is 3.41. The minimum absolute atomic E-state index is 0. The van der Waals surface area contributed by atoms with E-state index >= 15 is 0 Å². The summed E-state index contributed by atoms with van der Waals surface area (Å²) < 4.78 is 0. The molecule has 0 bridgehead atoms. The van der Waals surface area contributed by atoms with Crippen LogP contribution in [0.15, 0.2) is 11.5 Å². The van der Waals surface area contributed by atoms with Gasteiger partial charge in [0.25, 0.3) is 0 Å². The van der Waals surface area contributed by atoms with Gasteiger partial charge in [-0.3, -0.25) is 0 Å². The third-order valence-corrected chi connectivity index (χ3v) is 0.447. The van der Waals surface area contributed by atoms with Crippen molar-refractivity contribution in [3.63, 3.8) is 0 Å². The molecule has 0 saturated heterocycles. The van der Waals surface area contributed by atoms with Gasteiger partial charge < -0.3 is 0 Å². The minimum Gasteiger partial charge on any atom is -0.152 e. The molecule has 26 valence electrons. The van der Waals surface area contributed by atoms with Gasteiger partial charge in [0.2, 0.25) is 0 Å². The van der Waals surface area contributed by atoms with Gasteiger partial charge in [-0.05, 0) is 12.3 Å². The van der Waals surface area contributed by atoms with E-state index in [0.717, 1.165) is 0 Å². The van der Waals surface area contributed by atoms with Gasteiger partial charge in [0.15, 0.2) is 0 Å². The second-order valence-electron chi connectivity index (χ2n) is 0.482. The molecule has 0 unspecified atom stereocenters. The van der Waals surface area contributed by atoms with E-state index in [1.165, 1.54) is 0 Å². The number of thiol groups is 1. The third kappa shape index (κ3) is 16.0. The van der Waals surface area contributed by atoms with Crippen molar-refractivity contribution in [1.29, 1.82) is 0 Å². The van der Waals surface area contributed by atoms with Gasteiger partial charge in [-0.1, -0.05) is 6.08 Å². The number of hydrogen-bond donors (Lipinski definition) is 1. The number of rotatable bonds is 0. The summed E-state index contributed by atoms with van der Waals surface area (Å²) >= 11 is 3.74. The normalized spacial score (nSPS) is 7.60. The van der Waals surface area contributed by atoms with E-state index in [2.05, 4.69) is 12.6 Å². The van der Waals surface area contributed by atoms with Crippen LogP contribution in [0.2, 0.25) is 0 Å². The van der Waals surface area contributed by atoms with Crippen LogP contribution in [0.3, 0.4) is 0 Å². The topological polar surface area (TPSA) is 0 Å². The molecule has 0 rings (SSSR count). The molecule has 0 aliphatic heterocycles. The SMILES string of the molecule is CC=CS.[He]. The predicted molar refractivity (Wildman–Crippen MR) is 23.8 cm³/mol. The molecule has 0 aromatic heterocycles. The smallest absolute Gasteiger partial charge is 0 e. The molecule has 0 heterocycles. The molecule has 0 aliphatic rings. The largest absolute Gasteiger partial charge is 0.152 e. The van der Waals surface area contributed by atoms with Crippen LogP contribution >= 0.6 is 12.6 Å². The van der Waals surface area contributed by atoms with E-state index in [0.29, 0.717) is 0 Å². The first-order valence-electron chi connectivity index (χ1n) is 1.17. The molecule has 0 amide bonds. The molecule has 0 nitrogen and oxygen atoms in total. The van der Waals surface area contributed by atoms with E-state index in [4.69, 9.17) is 0 Å². The Morgan fingerprint density at radius 2 is 1.80 bits per heavy atom. The fourth-order valence-corrected chi connectivity index (χ4v) is 0. The van der Waals surface area contributed by atoms with Gasteiger partial charge >= 0.3 is 0 Å². The van der Waals surface area contributed by atoms with Gasteiger partial charge in [0, 0.05) is 6.15 Å².